The van der Waals surface area contributed by atoms with Crippen molar-refractivity contribution in [3.63, 3.8) is 0 Å². The third kappa shape index (κ3) is 4.61. The van der Waals surface area contributed by atoms with Gasteiger partial charge in [0.15, 0.2) is 11.5 Å². The van der Waals surface area contributed by atoms with Crippen LogP contribution in [0.5, 0.6) is 0 Å². The lowest BCUT2D eigenvalue weighted by Gasteiger charge is -2.24. The van der Waals surface area contributed by atoms with E-state index in [1.165, 1.54) is 12.3 Å². The highest BCUT2D eigenvalue weighted by molar-refractivity contribution is 5.57. The summed E-state index contributed by atoms with van der Waals surface area (Å²) in [6.45, 7) is 3.64. The Morgan fingerprint density at radius 2 is 1.32 bits per heavy atom. The van der Waals surface area contributed by atoms with Gasteiger partial charge in [0.2, 0.25) is 5.82 Å². The van der Waals surface area contributed by atoms with E-state index in [0.717, 1.165) is 23.1 Å². The number of hydrogen-bond acceptors (Lipinski definition) is 5. The van der Waals surface area contributed by atoms with E-state index >= 15 is 0 Å². The van der Waals surface area contributed by atoms with Crippen molar-refractivity contribution >= 4 is 0 Å². The molecule has 0 saturated heterocycles. The Kier molecular flexibility index (Phi) is 5.62. The minimum Gasteiger partial charge on any atom is -0.252 e. The van der Waals surface area contributed by atoms with Crippen molar-refractivity contribution in [3.8, 4) is 17.1 Å². The van der Waals surface area contributed by atoms with Crippen LogP contribution in [0.1, 0.15) is 36.8 Å². The van der Waals surface area contributed by atoms with E-state index in [0.29, 0.717) is 22.6 Å². The normalized spacial score (nSPS) is 12.7. The lowest BCUT2D eigenvalue weighted by Crippen LogP contribution is -2.23. The molecule has 0 radical (unpaired) electrons. The third-order valence-corrected chi connectivity index (χ3v) is 5.08. The summed E-state index contributed by atoms with van der Waals surface area (Å²) in [4.78, 5) is 15.7. The van der Waals surface area contributed by atoms with E-state index in [-0.39, 0.29) is 5.82 Å². The van der Waals surface area contributed by atoms with Crippen LogP contribution in [0.25, 0.3) is 17.1 Å². The van der Waals surface area contributed by atoms with Crippen LogP contribution in [0.3, 0.4) is 0 Å². The van der Waals surface area contributed by atoms with E-state index < -0.39 is 29.3 Å². The maximum atomic E-state index is 12.9. The molecule has 6 nitrogen and oxygen atoms in total. The molecular formula is C22H16F6N6. The summed E-state index contributed by atoms with van der Waals surface area (Å²) in [6, 6.07) is 10.7. The summed E-state index contributed by atoms with van der Waals surface area (Å²) >= 11 is 0. The summed E-state index contributed by atoms with van der Waals surface area (Å²) in [5, 5.41) is 3.55. The first kappa shape index (κ1) is 23.3. The van der Waals surface area contributed by atoms with Crippen LogP contribution >= 0.6 is 0 Å². The van der Waals surface area contributed by atoms with Gasteiger partial charge in [-0.1, -0.05) is 12.1 Å². The predicted molar refractivity (Wildman–Crippen MR) is 109 cm³/mol. The zero-order valence-corrected chi connectivity index (χ0v) is 17.7. The van der Waals surface area contributed by atoms with Gasteiger partial charge in [-0.15, -0.1) is 0 Å². The van der Waals surface area contributed by atoms with Crippen molar-refractivity contribution in [1.82, 2.24) is 29.7 Å². The van der Waals surface area contributed by atoms with Gasteiger partial charge in [0.1, 0.15) is 0 Å². The van der Waals surface area contributed by atoms with Gasteiger partial charge in [-0.3, -0.25) is 4.98 Å². The van der Waals surface area contributed by atoms with Crippen LogP contribution in [-0.4, -0.2) is 29.7 Å². The molecule has 0 amide bonds. The van der Waals surface area contributed by atoms with Crippen LogP contribution in [-0.2, 0) is 17.8 Å². The fourth-order valence-electron chi connectivity index (χ4n) is 3.18. The molecule has 0 unspecified atom stereocenters. The molecule has 0 N–H and O–H groups in total. The molecule has 0 fully saturated rings. The third-order valence-electron chi connectivity index (χ3n) is 5.08. The minimum atomic E-state index is -4.65. The second-order valence-corrected chi connectivity index (χ2v) is 7.85. The molecule has 0 spiro atoms. The summed E-state index contributed by atoms with van der Waals surface area (Å²) in [6.07, 6.45) is -5.96. The SMILES string of the molecule is CC(C)(c1cccc(-c2cnc(C(F)(F)F)nc2)n1)c1cccc(-n2ccc(C(F)(F)F)n2)n1. The first-order chi connectivity index (χ1) is 15.9. The van der Waals surface area contributed by atoms with Crippen LogP contribution < -0.4 is 0 Å². The molecule has 4 aromatic heterocycles. The van der Waals surface area contributed by atoms with Crippen molar-refractivity contribution in [2.45, 2.75) is 31.6 Å². The number of rotatable bonds is 4. The standard InChI is InChI=1S/C22H16F6N6/c1-20(2,16-7-4-8-18(32-16)34-10-9-17(33-34)21(23,24)25)15-6-3-5-14(31-15)13-11-29-19(30-12-13)22(26,27)28/h3-12H,1-2H3. The van der Waals surface area contributed by atoms with Gasteiger partial charge in [-0.25, -0.2) is 19.6 Å². The average molecular weight is 478 g/mol. The number of pyridine rings is 2. The molecule has 0 aromatic carbocycles. The van der Waals surface area contributed by atoms with Gasteiger partial charge in [-0.2, -0.15) is 31.4 Å². The number of alkyl halides is 6. The molecule has 4 aromatic rings. The number of hydrogen-bond donors (Lipinski definition) is 0. The highest BCUT2D eigenvalue weighted by Gasteiger charge is 2.35. The zero-order chi connectivity index (χ0) is 24.7. The monoisotopic (exact) mass is 478 g/mol. The second-order valence-electron chi connectivity index (χ2n) is 7.85. The molecular weight excluding hydrogens is 462 g/mol. The van der Waals surface area contributed by atoms with Crippen LogP contribution in [0.15, 0.2) is 61.1 Å². The molecule has 34 heavy (non-hydrogen) atoms. The largest absolute Gasteiger partial charge is 0.451 e. The quantitative estimate of drug-likeness (QED) is 0.363. The lowest BCUT2D eigenvalue weighted by molar-refractivity contribution is -0.145. The number of nitrogens with zero attached hydrogens (tertiary/aromatic N) is 6. The number of aromatic nitrogens is 6. The van der Waals surface area contributed by atoms with Gasteiger partial charge in [0.25, 0.3) is 0 Å². The van der Waals surface area contributed by atoms with Crippen molar-refractivity contribution in [1.29, 1.82) is 0 Å². The Balaban J connectivity index is 1.66. The van der Waals surface area contributed by atoms with Gasteiger partial charge in [-0.05, 0) is 44.2 Å². The maximum Gasteiger partial charge on any atom is 0.451 e. The Morgan fingerprint density at radius 3 is 1.91 bits per heavy atom. The van der Waals surface area contributed by atoms with E-state index in [1.807, 2.05) is 13.8 Å². The molecule has 176 valence electrons. The first-order valence-electron chi connectivity index (χ1n) is 9.83. The topological polar surface area (TPSA) is 69.4 Å². The van der Waals surface area contributed by atoms with Gasteiger partial charge in [0, 0.05) is 29.6 Å². The fourth-order valence-corrected chi connectivity index (χ4v) is 3.18. The van der Waals surface area contributed by atoms with E-state index in [2.05, 4.69) is 25.0 Å². The Bertz CT molecular complexity index is 1310. The van der Waals surface area contributed by atoms with E-state index in [4.69, 9.17) is 0 Å². The molecule has 0 atom stereocenters. The molecule has 0 bridgehead atoms. The smallest absolute Gasteiger partial charge is 0.252 e. The van der Waals surface area contributed by atoms with Crippen LogP contribution in [0, 0.1) is 0 Å². The second kappa shape index (κ2) is 8.19. The Labute approximate surface area is 189 Å². The molecule has 4 rings (SSSR count). The van der Waals surface area contributed by atoms with Crippen LogP contribution in [0.2, 0.25) is 0 Å². The minimum absolute atomic E-state index is 0.188. The molecule has 12 heteroatoms. The summed E-state index contributed by atoms with van der Waals surface area (Å²) < 4.78 is 77.9. The first-order valence-corrected chi connectivity index (χ1v) is 9.83. The van der Waals surface area contributed by atoms with E-state index in [9.17, 15) is 26.3 Å². The summed E-state index contributed by atoms with van der Waals surface area (Å²) in [5.74, 6) is -1.06. The number of halogens is 6. The predicted octanol–water partition coefficient (Wildman–Crippen LogP) is 5.48. The van der Waals surface area contributed by atoms with Gasteiger partial charge < -0.3 is 0 Å². The fraction of sp³-hybridized carbons (Fsp3) is 0.227. The Morgan fingerprint density at radius 1 is 0.706 bits per heavy atom. The zero-order valence-electron chi connectivity index (χ0n) is 17.7. The average Bonchev–Trinajstić information content (AvgIpc) is 3.30. The highest BCUT2D eigenvalue weighted by Crippen LogP contribution is 2.32. The van der Waals surface area contributed by atoms with Crippen molar-refractivity contribution in [2.24, 2.45) is 0 Å². The van der Waals surface area contributed by atoms with Crippen molar-refractivity contribution in [2.75, 3.05) is 0 Å². The Hall–Kier alpha value is -3.83. The molecule has 0 aliphatic rings. The van der Waals surface area contributed by atoms with Crippen molar-refractivity contribution in [3.05, 3.63) is 84.0 Å². The highest BCUT2D eigenvalue weighted by atomic mass is 19.4. The maximum absolute atomic E-state index is 12.9. The molecule has 0 aliphatic heterocycles. The lowest BCUT2D eigenvalue weighted by atomic mass is 9.84. The summed E-state index contributed by atoms with van der Waals surface area (Å²) in [7, 11) is 0. The van der Waals surface area contributed by atoms with Crippen molar-refractivity contribution < 1.29 is 26.3 Å². The van der Waals surface area contributed by atoms with Gasteiger partial charge in [0.05, 0.1) is 17.1 Å². The molecule has 0 aliphatic carbocycles. The van der Waals surface area contributed by atoms with E-state index in [1.54, 1.807) is 30.3 Å². The summed E-state index contributed by atoms with van der Waals surface area (Å²) in [5.41, 5.74) is -0.153. The van der Waals surface area contributed by atoms with Crippen LogP contribution in [0.4, 0.5) is 26.3 Å². The molecule has 0 saturated carbocycles. The van der Waals surface area contributed by atoms with Gasteiger partial charge >= 0.3 is 12.4 Å². The molecule has 4 heterocycles.